The molecule has 1 aliphatic heterocycles. The van der Waals surface area contributed by atoms with Crippen LogP contribution in [0.15, 0.2) is 42.5 Å². The van der Waals surface area contributed by atoms with Crippen LogP contribution in [0.1, 0.15) is 49.2 Å². The number of amides is 2. The lowest BCUT2D eigenvalue weighted by Gasteiger charge is -2.26. The summed E-state index contributed by atoms with van der Waals surface area (Å²) in [6, 6.07) is 13.3. The number of nitrogens with zero attached hydrogens (tertiary/aromatic N) is 1. The van der Waals surface area contributed by atoms with Crippen molar-refractivity contribution in [2.45, 2.75) is 46.1 Å². The second-order valence-corrected chi connectivity index (χ2v) is 10.2. The van der Waals surface area contributed by atoms with E-state index in [1.165, 1.54) is 5.56 Å². The van der Waals surface area contributed by atoms with Crippen LogP contribution in [0, 0.1) is 6.92 Å². The Labute approximate surface area is 189 Å². The standard InChI is InChI=1S/C25H32N2O3S/c1-17-16-19(24(29)27-12-14-31-15-13-27)6-11-22(17)26-23(28)18(2)30-21-9-7-20(8-10-21)25(3,4)5/h6-11,16,18H,12-15H2,1-5H3,(H,26,28). The van der Waals surface area contributed by atoms with Crippen LogP contribution >= 0.6 is 11.8 Å². The van der Waals surface area contributed by atoms with Gasteiger partial charge in [-0.3, -0.25) is 9.59 Å². The molecule has 1 N–H and O–H groups in total. The van der Waals surface area contributed by atoms with Crippen LogP contribution < -0.4 is 10.1 Å². The second-order valence-electron chi connectivity index (χ2n) is 8.96. The van der Waals surface area contributed by atoms with Crippen molar-refractivity contribution < 1.29 is 14.3 Å². The van der Waals surface area contributed by atoms with Crippen LogP contribution in [0.3, 0.4) is 0 Å². The Bertz CT molecular complexity index is 929. The van der Waals surface area contributed by atoms with Crippen LogP contribution in [0.2, 0.25) is 0 Å². The molecule has 0 saturated carbocycles. The number of rotatable bonds is 5. The average molecular weight is 441 g/mol. The Hall–Kier alpha value is -2.47. The largest absolute Gasteiger partial charge is 0.481 e. The highest BCUT2D eigenvalue weighted by molar-refractivity contribution is 7.99. The molecule has 1 fully saturated rings. The molecular formula is C25H32N2O3S. The fraction of sp³-hybridized carbons (Fsp3) is 0.440. The summed E-state index contributed by atoms with van der Waals surface area (Å²) in [5, 5.41) is 2.92. The molecule has 2 aromatic carbocycles. The van der Waals surface area contributed by atoms with Gasteiger partial charge in [0.05, 0.1) is 0 Å². The van der Waals surface area contributed by atoms with Crippen molar-refractivity contribution in [1.82, 2.24) is 4.90 Å². The lowest BCUT2D eigenvalue weighted by Crippen LogP contribution is -2.37. The molecule has 0 spiro atoms. The molecule has 31 heavy (non-hydrogen) atoms. The molecule has 2 aromatic rings. The lowest BCUT2D eigenvalue weighted by atomic mass is 9.87. The third kappa shape index (κ3) is 6.03. The number of anilines is 1. The number of carbonyl (C=O) groups excluding carboxylic acids is 2. The zero-order valence-corrected chi connectivity index (χ0v) is 19.8. The van der Waals surface area contributed by atoms with Gasteiger partial charge in [0.25, 0.3) is 11.8 Å². The van der Waals surface area contributed by atoms with Crippen LogP contribution in [-0.4, -0.2) is 47.4 Å². The first kappa shape index (κ1) is 23.2. The first-order valence-corrected chi connectivity index (χ1v) is 11.9. The van der Waals surface area contributed by atoms with E-state index in [0.29, 0.717) is 17.0 Å². The van der Waals surface area contributed by atoms with Gasteiger partial charge in [0.1, 0.15) is 5.75 Å². The highest BCUT2D eigenvalue weighted by Crippen LogP contribution is 2.25. The third-order valence-electron chi connectivity index (χ3n) is 5.43. The molecule has 0 aromatic heterocycles. The fourth-order valence-electron chi connectivity index (χ4n) is 3.41. The average Bonchev–Trinajstić information content (AvgIpc) is 2.75. The number of benzene rings is 2. The minimum atomic E-state index is -0.646. The van der Waals surface area contributed by atoms with E-state index in [0.717, 1.165) is 30.2 Å². The van der Waals surface area contributed by atoms with Crippen LogP contribution in [-0.2, 0) is 10.2 Å². The number of nitrogens with one attached hydrogen (secondary N) is 1. The van der Waals surface area contributed by atoms with E-state index in [1.54, 1.807) is 19.1 Å². The van der Waals surface area contributed by atoms with Crippen molar-refractivity contribution in [2.24, 2.45) is 0 Å². The maximum absolute atomic E-state index is 12.7. The number of aryl methyl sites for hydroxylation is 1. The van der Waals surface area contributed by atoms with E-state index in [2.05, 4.69) is 26.1 Å². The summed E-state index contributed by atoms with van der Waals surface area (Å²) in [6.45, 7) is 11.7. The predicted molar refractivity (Wildman–Crippen MR) is 128 cm³/mol. The summed E-state index contributed by atoms with van der Waals surface area (Å²) < 4.78 is 5.82. The van der Waals surface area contributed by atoms with Crippen molar-refractivity contribution >= 4 is 29.3 Å². The van der Waals surface area contributed by atoms with E-state index in [9.17, 15) is 9.59 Å². The highest BCUT2D eigenvalue weighted by Gasteiger charge is 2.20. The predicted octanol–water partition coefficient (Wildman–Crippen LogP) is 4.89. The molecule has 0 aliphatic carbocycles. The molecule has 1 heterocycles. The lowest BCUT2D eigenvalue weighted by molar-refractivity contribution is -0.122. The Morgan fingerprint density at radius 3 is 2.29 bits per heavy atom. The number of hydrogen-bond donors (Lipinski definition) is 1. The van der Waals surface area contributed by atoms with Gasteiger partial charge < -0.3 is 15.0 Å². The van der Waals surface area contributed by atoms with Gasteiger partial charge in [-0.05, 0) is 60.7 Å². The van der Waals surface area contributed by atoms with E-state index in [1.807, 2.05) is 53.9 Å². The monoisotopic (exact) mass is 440 g/mol. The Balaban J connectivity index is 1.61. The van der Waals surface area contributed by atoms with Gasteiger partial charge in [-0.25, -0.2) is 0 Å². The minimum Gasteiger partial charge on any atom is -0.481 e. The topological polar surface area (TPSA) is 58.6 Å². The van der Waals surface area contributed by atoms with E-state index < -0.39 is 6.10 Å². The SMILES string of the molecule is Cc1cc(C(=O)N2CCSCC2)ccc1NC(=O)C(C)Oc1ccc(C(C)(C)C)cc1. The van der Waals surface area contributed by atoms with Gasteiger partial charge in [-0.15, -0.1) is 0 Å². The molecule has 2 amide bonds. The van der Waals surface area contributed by atoms with E-state index >= 15 is 0 Å². The number of carbonyl (C=O) groups is 2. The van der Waals surface area contributed by atoms with Gasteiger partial charge in [0, 0.05) is 35.8 Å². The molecule has 166 valence electrons. The summed E-state index contributed by atoms with van der Waals surface area (Å²) in [7, 11) is 0. The van der Waals surface area contributed by atoms with Gasteiger partial charge in [0.15, 0.2) is 6.10 Å². The van der Waals surface area contributed by atoms with E-state index in [4.69, 9.17) is 4.74 Å². The van der Waals surface area contributed by atoms with Crippen molar-refractivity contribution in [3.63, 3.8) is 0 Å². The first-order valence-electron chi connectivity index (χ1n) is 10.7. The van der Waals surface area contributed by atoms with Gasteiger partial charge in [0.2, 0.25) is 0 Å². The van der Waals surface area contributed by atoms with E-state index in [-0.39, 0.29) is 17.2 Å². The third-order valence-corrected chi connectivity index (χ3v) is 6.37. The van der Waals surface area contributed by atoms with Gasteiger partial charge in [-0.2, -0.15) is 11.8 Å². The zero-order chi connectivity index (χ0) is 22.6. The molecule has 1 aliphatic rings. The molecule has 1 atom stereocenters. The minimum absolute atomic E-state index is 0.0525. The maximum atomic E-state index is 12.7. The number of thioether (sulfide) groups is 1. The fourth-order valence-corrected chi connectivity index (χ4v) is 4.31. The second kappa shape index (κ2) is 9.77. The normalized spacial score (nSPS) is 15.3. The Morgan fingerprint density at radius 2 is 1.71 bits per heavy atom. The summed E-state index contributed by atoms with van der Waals surface area (Å²) in [5.41, 5.74) is 3.48. The highest BCUT2D eigenvalue weighted by atomic mass is 32.2. The summed E-state index contributed by atoms with van der Waals surface area (Å²) >= 11 is 1.88. The Kier molecular flexibility index (Phi) is 7.31. The molecule has 1 saturated heterocycles. The van der Waals surface area contributed by atoms with Crippen LogP contribution in [0.5, 0.6) is 5.75 Å². The number of hydrogen-bond acceptors (Lipinski definition) is 4. The van der Waals surface area contributed by atoms with Crippen LogP contribution in [0.4, 0.5) is 5.69 Å². The van der Waals surface area contributed by atoms with Crippen molar-refractivity contribution in [1.29, 1.82) is 0 Å². The maximum Gasteiger partial charge on any atom is 0.265 e. The first-order chi connectivity index (χ1) is 14.6. The van der Waals surface area contributed by atoms with Crippen molar-refractivity contribution in [3.05, 3.63) is 59.2 Å². The number of ether oxygens (including phenoxy) is 1. The quantitative estimate of drug-likeness (QED) is 0.719. The Morgan fingerprint density at radius 1 is 1.06 bits per heavy atom. The van der Waals surface area contributed by atoms with Gasteiger partial charge >= 0.3 is 0 Å². The van der Waals surface area contributed by atoms with Crippen molar-refractivity contribution in [2.75, 3.05) is 29.9 Å². The van der Waals surface area contributed by atoms with Crippen molar-refractivity contribution in [3.8, 4) is 5.75 Å². The molecule has 3 rings (SSSR count). The summed E-state index contributed by atoms with van der Waals surface area (Å²) in [4.78, 5) is 27.2. The molecule has 5 nitrogen and oxygen atoms in total. The molecule has 6 heteroatoms. The molecule has 1 unspecified atom stereocenters. The smallest absolute Gasteiger partial charge is 0.265 e. The van der Waals surface area contributed by atoms with Crippen LogP contribution in [0.25, 0.3) is 0 Å². The molecular weight excluding hydrogens is 408 g/mol. The molecule has 0 radical (unpaired) electrons. The summed E-state index contributed by atoms with van der Waals surface area (Å²) in [6.07, 6.45) is -0.646. The van der Waals surface area contributed by atoms with Gasteiger partial charge in [-0.1, -0.05) is 32.9 Å². The summed E-state index contributed by atoms with van der Waals surface area (Å²) in [5.74, 6) is 2.45. The molecule has 0 bridgehead atoms. The zero-order valence-electron chi connectivity index (χ0n) is 19.0.